The third kappa shape index (κ3) is 4.04. The fraction of sp³-hybridized carbons (Fsp3) is 0.526. The molecule has 28 heavy (non-hydrogen) atoms. The molecular weight excluding hydrogens is 356 g/mol. The molecule has 0 saturated carbocycles. The van der Waals surface area contributed by atoms with E-state index in [4.69, 9.17) is 5.10 Å². The molecule has 1 aromatic carbocycles. The summed E-state index contributed by atoms with van der Waals surface area (Å²) in [5, 5.41) is 19.6. The van der Waals surface area contributed by atoms with Crippen molar-refractivity contribution in [3.8, 4) is 0 Å². The van der Waals surface area contributed by atoms with Crippen molar-refractivity contribution in [2.24, 2.45) is 0 Å². The minimum absolute atomic E-state index is 0.0363. The molecule has 1 aliphatic heterocycles. The molecule has 0 unspecified atom stereocenters. The van der Waals surface area contributed by atoms with Crippen LogP contribution < -0.4 is 11.0 Å². The predicted molar refractivity (Wildman–Crippen MR) is 104 cm³/mol. The molecule has 0 aliphatic carbocycles. The van der Waals surface area contributed by atoms with Crippen molar-refractivity contribution >= 4 is 0 Å². The summed E-state index contributed by atoms with van der Waals surface area (Å²) in [6.45, 7) is 5.59. The number of benzene rings is 1. The zero-order valence-corrected chi connectivity index (χ0v) is 16.2. The van der Waals surface area contributed by atoms with E-state index in [1.807, 2.05) is 29.7 Å². The van der Waals surface area contributed by atoms with Crippen molar-refractivity contribution in [2.75, 3.05) is 13.1 Å². The van der Waals surface area contributed by atoms with Crippen LogP contribution in [0.4, 0.5) is 0 Å². The van der Waals surface area contributed by atoms with Crippen LogP contribution in [-0.4, -0.2) is 47.6 Å². The van der Waals surface area contributed by atoms with Gasteiger partial charge in [0.05, 0.1) is 6.54 Å². The Morgan fingerprint density at radius 2 is 1.86 bits per heavy atom. The normalized spacial score (nSPS) is 15.2. The highest BCUT2D eigenvalue weighted by atomic mass is 16.2. The standard InChI is InChI=1S/C19H26N8O/c1-15-21-23-24-26(15)12-5-13-27-19(28)25(14-16-6-3-2-4-7-16)18(22-27)17-8-10-20-11-9-17/h2-4,6-7,17,20H,5,8-14H2,1H3. The molecule has 0 spiro atoms. The minimum atomic E-state index is -0.0363. The summed E-state index contributed by atoms with van der Waals surface area (Å²) in [5.74, 6) is 2.01. The lowest BCUT2D eigenvalue weighted by Crippen LogP contribution is -2.30. The molecule has 2 aromatic heterocycles. The maximum absolute atomic E-state index is 13.1. The molecule has 1 N–H and O–H groups in total. The van der Waals surface area contributed by atoms with Crippen molar-refractivity contribution in [3.05, 3.63) is 58.0 Å². The third-order valence-electron chi connectivity index (χ3n) is 5.29. The van der Waals surface area contributed by atoms with Crippen LogP contribution in [0.5, 0.6) is 0 Å². The highest BCUT2D eigenvalue weighted by molar-refractivity contribution is 5.16. The fourth-order valence-electron chi connectivity index (χ4n) is 3.73. The van der Waals surface area contributed by atoms with E-state index in [-0.39, 0.29) is 5.69 Å². The zero-order valence-electron chi connectivity index (χ0n) is 16.2. The first kappa shape index (κ1) is 18.5. The number of nitrogens with zero attached hydrogens (tertiary/aromatic N) is 7. The third-order valence-corrected chi connectivity index (χ3v) is 5.29. The molecule has 9 nitrogen and oxygen atoms in total. The first-order valence-corrected chi connectivity index (χ1v) is 9.87. The fourth-order valence-corrected chi connectivity index (χ4v) is 3.73. The van der Waals surface area contributed by atoms with Crippen LogP contribution in [-0.2, 0) is 19.6 Å². The minimum Gasteiger partial charge on any atom is -0.317 e. The summed E-state index contributed by atoms with van der Waals surface area (Å²) in [6.07, 6.45) is 2.77. The van der Waals surface area contributed by atoms with Gasteiger partial charge >= 0.3 is 5.69 Å². The molecular formula is C19H26N8O. The van der Waals surface area contributed by atoms with E-state index >= 15 is 0 Å². The first-order valence-electron chi connectivity index (χ1n) is 9.87. The number of aromatic nitrogens is 7. The maximum atomic E-state index is 13.1. The van der Waals surface area contributed by atoms with Gasteiger partial charge < -0.3 is 5.32 Å². The van der Waals surface area contributed by atoms with E-state index in [9.17, 15) is 4.79 Å². The molecule has 0 atom stereocenters. The zero-order chi connectivity index (χ0) is 19.3. The van der Waals surface area contributed by atoms with Crippen LogP contribution in [0, 0.1) is 6.92 Å². The van der Waals surface area contributed by atoms with Gasteiger partial charge in [-0.25, -0.2) is 14.2 Å². The van der Waals surface area contributed by atoms with E-state index in [1.54, 1.807) is 9.36 Å². The van der Waals surface area contributed by atoms with E-state index in [0.29, 0.717) is 25.6 Å². The molecule has 3 aromatic rings. The summed E-state index contributed by atoms with van der Waals surface area (Å²) in [7, 11) is 0. The Kier molecular flexibility index (Phi) is 5.61. The highest BCUT2D eigenvalue weighted by Gasteiger charge is 2.24. The summed E-state index contributed by atoms with van der Waals surface area (Å²) in [4.78, 5) is 13.1. The second kappa shape index (κ2) is 8.47. The second-order valence-corrected chi connectivity index (χ2v) is 7.26. The lowest BCUT2D eigenvalue weighted by Gasteiger charge is -2.22. The Balaban J connectivity index is 1.56. The van der Waals surface area contributed by atoms with Gasteiger partial charge in [-0.1, -0.05) is 30.3 Å². The van der Waals surface area contributed by atoms with Crippen LogP contribution >= 0.6 is 0 Å². The number of rotatable bonds is 7. The molecule has 1 saturated heterocycles. The molecule has 9 heteroatoms. The van der Waals surface area contributed by atoms with Gasteiger partial charge in [0, 0.05) is 19.0 Å². The lowest BCUT2D eigenvalue weighted by atomic mass is 9.97. The SMILES string of the molecule is Cc1nnnn1CCCn1nc(C2CCNCC2)n(Cc2ccccc2)c1=O. The van der Waals surface area contributed by atoms with Gasteiger partial charge in [0.1, 0.15) is 11.6 Å². The Labute approximate surface area is 163 Å². The van der Waals surface area contributed by atoms with Crippen molar-refractivity contribution in [1.82, 2.24) is 39.9 Å². The smallest absolute Gasteiger partial charge is 0.317 e. The summed E-state index contributed by atoms with van der Waals surface area (Å²) in [6, 6.07) is 10.1. The largest absolute Gasteiger partial charge is 0.346 e. The lowest BCUT2D eigenvalue weighted by molar-refractivity contribution is 0.428. The van der Waals surface area contributed by atoms with Crippen LogP contribution in [0.3, 0.4) is 0 Å². The molecule has 4 rings (SSSR count). The van der Waals surface area contributed by atoms with Gasteiger partial charge in [0.2, 0.25) is 0 Å². The van der Waals surface area contributed by atoms with Crippen molar-refractivity contribution in [2.45, 2.75) is 51.7 Å². The Bertz CT molecular complexity index is 952. The van der Waals surface area contributed by atoms with Crippen molar-refractivity contribution in [1.29, 1.82) is 0 Å². The van der Waals surface area contributed by atoms with Crippen molar-refractivity contribution < 1.29 is 0 Å². The molecule has 0 bridgehead atoms. The number of tetrazole rings is 1. The number of hydrogen-bond acceptors (Lipinski definition) is 6. The number of hydrogen-bond donors (Lipinski definition) is 1. The van der Waals surface area contributed by atoms with Gasteiger partial charge in [0.15, 0.2) is 0 Å². The van der Waals surface area contributed by atoms with E-state index in [0.717, 1.165) is 49.6 Å². The number of aryl methyl sites for hydroxylation is 3. The molecule has 0 radical (unpaired) electrons. The van der Waals surface area contributed by atoms with Gasteiger partial charge in [-0.15, -0.1) is 5.10 Å². The first-order chi connectivity index (χ1) is 13.7. The van der Waals surface area contributed by atoms with Gasteiger partial charge in [0.25, 0.3) is 0 Å². The van der Waals surface area contributed by atoms with Crippen LogP contribution in [0.25, 0.3) is 0 Å². The average Bonchev–Trinajstić information content (AvgIpc) is 3.27. The van der Waals surface area contributed by atoms with Crippen molar-refractivity contribution in [3.63, 3.8) is 0 Å². The predicted octanol–water partition coefficient (Wildman–Crippen LogP) is 0.945. The van der Waals surface area contributed by atoms with Gasteiger partial charge in [-0.2, -0.15) is 5.10 Å². The summed E-state index contributed by atoms with van der Waals surface area (Å²) < 4.78 is 5.22. The van der Waals surface area contributed by atoms with E-state index < -0.39 is 0 Å². The summed E-state index contributed by atoms with van der Waals surface area (Å²) >= 11 is 0. The molecule has 3 heterocycles. The van der Waals surface area contributed by atoms with Gasteiger partial charge in [-0.3, -0.25) is 4.57 Å². The monoisotopic (exact) mass is 382 g/mol. The Morgan fingerprint density at radius 1 is 1.11 bits per heavy atom. The van der Waals surface area contributed by atoms with Crippen LogP contribution in [0.2, 0.25) is 0 Å². The van der Waals surface area contributed by atoms with E-state index in [1.165, 1.54) is 0 Å². The Hall–Kier alpha value is -2.81. The quantitative estimate of drug-likeness (QED) is 0.654. The topological polar surface area (TPSA) is 95.4 Å². The summed E-state index contributed by atoms with van der Waals surface area (Å²) in [5.41, 5.74) is 1.08. The van der Waals surface area contributed by atoms with Crippen LogP contribution in [0.1, 0.15) is 42.4 Å². The van der Waals surface area contributed by atoms with E-state index in [2.05, 4.69) is 33.0 Å². The average molecular weight is 382 g/mol. The maximum Gasteiger partial charge on any atom is 0.346 e. The highest BCUT2D eigenvalue weighted by Crippen LogP contribution is 2.23. The molecule has 1 aliphatic rings. The molecule has 0 amide bonds. The molecule has 148 valence electrons. The number of nitrogens with one attached hydrogen (secondary N) is 1. The number of piperidine rings is 1. The second-order valence-electron chi connectivity index (χ2n) is 7.26. The van der Waals surface area contributed by atoms with Crippen LogP contribution in [0.15, 0.2) is 35.1 Å². The van der Waals surface area contributed by atoms with Gasteiger partial charge in [-0.05, 0) is 55.3 Å². The molecule has 1 fully saturated rings. The Morgan fingerprint density at radius 3 is 2.57 bits per heavy atom.